The minimum absolute atomic E-state index is 0.0231. The quantitative estimate of drug-likeness (QED) is 0.100. The van der Waals surface area contributed by atoms with Crippen LogP contribution < -0.4 is 0 Å². The number of nitrogens with one attached hydrogen (secondary N) is 2. The second-order valence-electron chi connectivity index (χ2n) is 17.5. The second-order valence-corrected chi connectivity index (χ2v) is 17.5. The van der Waals surface area contributed by atoms with Gasteiger partial charge in [0.15, 0.2) is 0 Å². The average Bonchev–Trinajstić information content (AvgIpc) is 3.94. The molecule has 3 atom stereocenters. The van der Waals surface area contributed by atoms with Gasteiger partial charge >= 0.3 is 24.7 Å². The molecule has 8 nitrogen and oxygen atoms in total. The fourth-order valence-electron chi connectivity index (χ4n) is 9.29. The van der Waals surface area contributed by atoms with Crippen LogP contribution in [0.1, 0.15) is 145 Å². The third kappa shape index (κ3) is 8.77. The van der Waals surface area contributed by atoms with Gasteiger partial charge in [0.05, 0.1) is 57.7 Å². The van der Waals surface area contributed by atoms with E-state index in [2.05, 4.69) is 15.0 Å². The lowest BCUT2D eigenvalue weighted by Crippen LogP contribution is -2.40. The van der Waals surface area contributed by atoms with Crippen LogP contribution in [-0.4, -0.2) is 42.4 Å². The molecule has 0 radical (unpaired) electrons. The number of imide groups is 1. The van der Waals surface area contributed by atoms with Crippen molar-refractivity contribution in [2.45, 2.75) is 110 Å². The molecular weight excluding hydrogens is 921 g/mol. The minimum atomic E-state index is -5.19. The lowest BCUT2D eigenvalue weighted by atomic mass is 9.89. The Hall–Kier alpha value is -6.47. The topological polar surface area (TPSA) is 107 Å². The van der Waals surface area contributed by atoms with E-state index < -0.39 is 83.3 Å². The van der Waals surface area contributed by atoms with Crippen molar-refractivity contribution < 1.29 is 62.3 Å². The molecule has 0 saturated carbocycles. The van der Waals surface area contributed by atoms with Crippen LogP contribution in [0.5, 0.6) is 0 Å². The summed E-state index contributed by atoms with van der Waals surface area (Å²) in [6.45, 7) is 9.10. The lowest BCUT2D eigenvalue weighted by Gasteiger charge is -2.26. The van der Waals surface area contributed by atoms with Crippen LogP contribution in [0.2, 0.25) is 0 Å². The molecule has 68 heavy (non-hydrogen) atoms. The van der Waals surface area contributed by atoms with E-state index in [1.807, 2.05) is 13.8 Å². The van der Waals surface area contributed by atoms with E-state index in [1.165, 1.54) is 0 Å². The van der Waals surface area contributed by atoms with Crippen molar-refractivity contribution in [1.29, 1.82) is 0 Å². The van der Waals surface area contributed by atoms with Crippen LogP contribution in [-0.2, 0) is 44.2 Å². The van der Waals surface area contributed by atoms with Gasteiger partial charge in [-0.15, -0.1) is 0 Å². The molecule has 2 aromatic carbocycles. The van der Waals surface area contributed by atoms with Gasteiger partial charge in [-0.1, -0.05) is 20.8 Å². The number of aromatic amines is 2. The summed E-state index contributed by atoms with van der Waals surface area (Å²) in [7, 11) is 0. The molecular formula is C48H40F12N6O2. The molecule has 2 N–H and O–H groups in total. The zero-order valence-corrected chi connectivity index (χ0v) is 36.9. The molecule has 20 heteroatoms. The zero-order chi connectivity index (χ0) is 49.7. The fraction of sp³-hybridized carbons (Fsp3) is 0.354. The first kappa shape index (κ1) is 48.0. The van der Waals surface area contributed by atoms with Crippen molar-refractivity contribution >= 4 is 39.6 Å². The van der Waals surface area contributed by atoms with Gasteiger partial charge < -0.3 is 9.97 Å². The number of fused-ring (bicyclic) bond motifs is 8. The SMILES string of the molecule is CCC1c2cc3[nH]c4c(c5nc(cc6[nH]c(cc(n2)C1C)c(/C(C)=N/Cc1cc(C(F)(F)F)cc(C(F)(F)F)c1)c6C)[C@@H](C)C5)C(=O)N(Cc1cc(C(F)(F)F)cc(C(F)(F)F)c1)C(=O)c4c3C. The number of aromatic nitrogens is 4. The number of H-pyrrole nitrogens is 2. The smallest absolute Gasteiger partial charge is 0.355 e. The molecule has 0 fully saturated rings. The van der Waals surface area contributed by atoms with Gasteiger partial charge in [-0.05, 0) is 110 Å². The van der Waals surface area contributed by atoms with Crippen LogP contribution in [0.3, 0.4) is 0 Å². The van der Waals surface area contributed by atoms with Crippen molar-refractivity contribution in [2.75, 3.05) is 0 Å². The van der Waals surface area contributed by atoms with E-state index in [4.69, 9.17) is 9.97 Å². The molecule has 3 aromatic heterocycles. The van der Waals surface area contributed by atoms with Gasteiger partial charge in [0.2, 0.25) is 0 Å². The number of hydrogen-bond donors (Lipinski definition) is 2. The Kier molecular flexibility index (Phi) is 11.7. The van der Waals surface area contributed by atoms with Gasteiger partial charge in [0, 0.05) is 62.7 Å². The summed E-state index contributed by atoms with van der Waals surface area (Å²) in [5, 5.41) is 0. The number of hydrogen-bond acceptors (Lipinski definition) is 5. The predicted octanol–water partition coefficient (Wildman–Crippen LogP) is 13.5. The number of alkyl halides is 12. The van der Waals surface area contributed by atoms with E-state index >= 15 is 0 Å². The number of rotatable bonds is 6. The largest absolute Gasteiger partial charge is 0.416 e. The van der Waals surface area contributed by atoms with E-state index in [0.29, 0.717) is 85.9 Å². The van der Waals surface area contributed by atoms with Crippen LogP contribution in [0.4, 0.5) is 52.7 Å². The molecule has 8 rings (SSSR count). The van der Waals surface area contributed by atoms with Crippen LogP contribution in [0, 0.1) is 13.8 Å². The molecule has 2 unspecified atom stereocenters. The van der Waals surface area contributed by atoms with Gasteiger partial charge in [-0.25, -0.2) is 0 Å². The lowest BCUT2D eigenvalue weighted by molar-refractivity contribution is -0.144. The van der Waals surface area contributed by atoms with Crippen molar-refractivity contribution in [3.63, 3.8) is 0 Å². The molecule has 8 bridgehead atoms. The first-order valence-electron chi connectivity index (χ1n) is 21.3. The second kappa shape index (κ2) is 16.6. The Balaban J connectivity index is 1.34. The summed E-state index contributed by atoms with van der Waals surface area (Å²) in [5.74, 6) is -2.80. The first-order chi connectivity index (χ1) is 31.5. The first-order valence-corrected chi connectivity index (χ1v) is 21.3. The maximum Gasteiger partial charge on any atom is 0.416 e. The van der Waals surface area contributed by atoms with Gasteiger partial charge in [-0.2, -0.15) is 52.7 Å². The summed E-state index contributed by atoms with van der Waals surface area (Å²) in [6, 6.07) is 7.35. The van der Waals surface area contributed by atoms with E-state index in [9.17, 15) is 62.3 Å². The maximum absolute atomic E-state index is 14.6. The molecule has 358 valence electrons. The van der Waals surface area contributed by atoms with E-state index in [1.54, 1.807) is 45.9 Å². The number of carbonyl (C=O) groups excluding carboxylic acids is 2. The van der Waals surface area contributed by atoms with Crippen LogP contribution in [0.25, 0.3) is 22.1 Å². The van der Waals surface area contributed by atoms with Crippen LogP contribution in [0.15, 0.2) is 59.6 Å². The minimum Gasteiger partial charge on any atom is -0.355 e. The maximum atomic E-state index is 14.6. The number of amides is 2. The van der Waals surface area contributed by atoms with Crippen molar-refractivity contribution in [3.8, 4) is 0 Å². The highest BCUT2D eigenvalue weighted by molar-refractivity contribution is 6.23. The summed E-state index contributed by atoms with van der Waals surface area (Å²) in [4.78, 5) is 50.5. The normalized spacial score (nSPS) is 18.2. The van der Waals surface area contributed by atoms with Crippen molar-refractivity contribution in [1.82, 2.24) is 24.8 Å². The Morgan fingerprint density at radius 1 is 0.647 bits per heavy atom. The highest BCUT2D eigenvalue weighted by Crippen LogP contribution is 2.43. The summed E-state index contributed by atoms with van der Waals surface area (Å²) in [6.07, 6.45) is -19.8. The Morgan fingerprint density at radius 3 is 1.69 bits per heavy atom. The highest BCUT2D eigenvalue weighted by atomic mass is 19.4. The Bertz CT molecular complexity index is 3050. The number of halogens is 12. The Morgan fingerprint density at radius 2 is 1.15 bits per heavy atom. The standard InChI is InChI=1S/C48H40F12N6O2/c1-7-31-21(3)33-17-38-39(24(6)61-18-25-9-27(45(49,50)51)13-28(10-25)46(52,53)54)22(4)34(64-38)15-32-20(2)8-37(62-32)41-42-40(23(5)35(65-42)16-36(31)63-33)43(67)66(44(41)68)19-26-11-29(47(55,56)57)14-30(12-26)48(58,59)60/h9-17,20-21,31,64-65H,7-8,18-19H2,1-6H3/b32-15?,33-17?,34-15?,35-16?,36-16?,38-17?,41-37?,61-24+/t20-,21?,31?/m0/s1. The van der Waals surface area contributed by atoms with Crippen molar-refractivity contribution in [3.05, 3.63) is 139 Å². The molecule has 3 aliphatic heterocycles. The number of aryl methyl sites for hydroxylation is 2. The Labute approximate surface area is 379 Å². The predicted molar refractivity (Wildman–Crippen MR) is 227 cm³/mol. The molecule has 0 saturated heterocycles. The van der Waals surface area contributed by atoms with Crippen molar-refractivity contribution in [2.24, 2.45) is 4.99 Å². The highest BCUT2D eigenvalue weighted by Gasteiger charge is 2.42. The zero-order valence-electron chi connectivity index (χ0n) is 36.9. The third-order valence-electron chi connectivity index (χ3n) is 12.9. The number of carbonyl (C=O) groups is 2. The monoisotopic (exact) mass is 960 g/mol. The average molecular weight is 961 g/mol. The van der Waals surface area contributed by atoms with Gasteiger partial charge in [0.1, 0.15) is 0 Å². The van der Waals surface area contributed by atoms with Gasteiger partial charge in [0.25, 0.3) is 11.8 Å². The van der Waals surface area contributed by atoms with Crippen LogP contribution >= 0.6 is 0 Å². The summed E-state index contributed by atoms with van der Waals surface area (Å²) in [5.41, 5.74) is -2.43. The number of benzene rings is 2. The third-order valence-corrected chi connectivity index (χ3v) is 12.9. The fourth-order valence-corrected chi connectivity index (χ4v) is 9.29. The molecule has 6 heterocycles. The summed E-state index contributed by atoms with van der Waals surface area (Å²) >= 11 is 0. The molecule has 0 spiro atoms. The molecule has 0 aliphatic carbocycles. The summed E-state index contributed by atoms with van der Waals surface area (Å²) < 4.78 is 166. The molecule has 2 amide bonds. The number of nitrogens with zero attached hydrogens (tertiary/aromatic N) is 4. The van der Waals surface area contributed by atoms with E-state index in [-0.39, 0.29) is 64.0 Å². The number of aliphatic imine (C=N–C) groups is 1. The van der Waals surface area contributed by atoms with E-state index in [0.717, 1.165) is 0 Å². The molecule has 3 aliphatic rings. The van der Waals surface area contributed by atoms with Gasteiger partial charge in [-0.3, -0.25) is 29.4 Å². The molecule has 5 aromatic rings.